The second kappa shape index (κ2) is 10.5. The summed E-state index contributed by atoms with van der Waals surface area (Å²) in [5, 5.41) is 25.9. The van der Waals surface area contributed by atoms with Gasteiger partial charge in [0.05, 0.1) is 12.6 Å². The number of benzene rings is 1. The highest BCUT2D eigenvalue weighted by atomic mass is 16.4. The summed E-state index contributed by atoms with van der Waals surface area (Å²) in [4.78, 5) is 49.7. The summed E-state index contributed by atoms with van der Waals surface area (Å²) >= 11 is 0. The van der Waals surface area contributed by atoms with Gasteiger partial charge in [0, 0.05) is 23.7 Å². The molecule has 1 aliphatic rings. The van der Waals surface area contributed by atoms with E-state index >= 15 is 0 Å². The van der Waals surface area contributed by atoms with Gasteiger partial charge >= 0.3 is 5.97 Å². The molecule has 1 fully saturated rings. The number of amides is 2. The molecule has 0 aromatic heterocycles. The summed E-state index contributed by atoms with van der Waals surface area (Å²) in [5.74, 6) is -2.16. The number of carbonyl (C=O) groups excluding carboxylic acids is 3. The molecule has 3 atom stereocenters. The highest BCUT2D eigenvalue weighted by molar-refractivity contribution is 6.00. The van der Waals surface area contributed by atoms with Crippen molar-refractivity contribution < 1.29 is 29.5 Å². The number of ketones is 1. The predicted molar refractivity (Wildman–Crippen MR) is 111 cm³/mol. The zero-order valence-electron chi connectivity index (χ0n) is 17.4. The third kappa shape index (κ3) is 6.25. The molecular formula is C20H27N5O6. The second-order valence-corrected chi connectivity index (χ2v) is 7.41. The van der Waals surface area contributed by atoms with Crippen LogP contribution in [0, 0.1) is 0 Å². The molecule has 2 unspecified atom stereocenters. The fourth-order valence-corrected chi connectivity index (χ4v) is 3.47. The number of oxime groups is 1. The summed E-state index contributed by atoms with van der Waals surface area (Å²) < 4.78 is 0. The van der Waals surface area contributed by atoms with Gasteiger partial charge in [-0.3, -0.25) is 19.2 Å². The molecule has 0 aliphatic carbocycles. The van der Waals surface area contributed by atoms with Crippen LogP contribution in [0.5, 0.6) is 0 Å². The first-order chi connectivity index (χ1) is 14.6. The Morgan fingerprint density at radius 2 is 1.84 bits per heavy atom. The smallest absolute Gasteiger partial charge is 0.317 e. The Bertz CT molecular complexity index is 869. The minimum Gasteiger partial charge on any atom is -0.480 e. The number of carboxylic acid groups (broad SMARTS) is 1. The Morgan fingerprint density at radius 3 is 2.39 bits per heavy atom. The minimum absolute atomic E-state index is 0.0907. The molecule has 1 aromatic rings. The first-order valence-electron chi connectivity index (χ1n) is 9.79. The summed E-state index contributed by atoms with van der Waals surface area (Å²) in [5.41, 5.74) is 6.22. The van der Waals surface area contributed by atoms with Gasteiger partial charge in [-0.15, -0.1) is 0 Å². The van der Waals surface area contributed by atoms with E-state index in [-0.39, 0.29) is 36.3 Å². The topological polar surface area (TPSA) is 174 Å². The van der Waals surface area contributed by atoms with Gasteiger partial charge < -0.3 is 31.6 Å². The van der Waals surface area contributed by atoms with Crippen LogP contribution in [0.4, 0.5) is 0 Å². The molecule has 2 amide bonds. The van der Waals surface area contributed by atoms with Crippen LogP contribution in [-0.2, 0) is 14.4 Å². The molecule has 1 heterocycles. The number of carboxylic acids is 1. The van der Waals surface area contributed by atoms with Crippen LogP contribution in [0.1, 0.15) is 42.6 Å². The quantitative estimate of drug-likeness (QED) is 0.158. The van der Waals surface area contributed by atoms with Crippen molar-refractivity contribution in [3.05, 3.63) is 35.4 Å². The van der Waals surface area contributed by atoms with Gasteiger partial charge in [-0.2, -0.15) is 0 Å². The van der Waals surface area contributed by atoms with Crippen LogP contribution in [-0.4, -0.2) is 75.8 Å². The van der Waals surface area contributed by atoms with Gasteiger partial charge in [-0.25, -0.2) is 0 Å². The number of nitrogens with two attached hydrogens (primary N) is 1. The van der Waals surface area contributed by atoms with E-state index in [1.165, 1.54) is 43.0 Å². The standard InChI is InChI=1S/C20H27N5O6/c1-11(23-19(29)14-5-3-13(4-6-14)18(21)24-31)20(30)25-8-7-15(22-10-17(27)28)9-16(25)12(2)26/h3-6,11,15-16,22,31H,7-10H2,1-2H3,(H2,21,24)(H,23,29)(H,27,28)/t11?,15?,16-/m0/s1. The van der Waals surface area contributed by atoms with Crippen molar-refractivity contribution in [2.24, 2.45) is 10.9 Å². The van der Waals surface area contributed by atoms with Crippen molar-refractivity contribution in [2.75, 3.05) is 13.1 Å². The lowest BCUT2D eigenvalue weighted by Crippen LogP contribution is -2.58. The average Bonchev–Trinajstić information content (AvgIpc) is 2.76. The van der Waals surface area contributed by atoms with E-state index in [2.05, 4.69) is 15.8 Å². The number of nitrogens with one attached hydrogen (secondary N) is 2. The molecule has 168 valence electrons. The molecular weight excluding hydrogens is 406 g/mol. The molecule has 11 nitrogen and oxygen atoms in total. The molecule has 1 saturated heterocycles. The number of piperidine rings is 1. The highest BCUT2D eigenvalue weighted by Crippen LogP contribution is 2.20. The zero-order chi connectivity index (χ0) is 23.1. The third-order valence-corrected chi connectivity index (χ3v) is 5.17. The number of nitrogens with zero attached hydrogens (tertiary/aromatic N) is 2. The third-order valence-electron chi connectivity index (χ3n) is 5.17. The number of amidine groups is 1. The summed E-state index contributed by atoms with van der Waals surface area (Å²) in [6.07, 6.45) is 0.809. The number of rotatable bonds is 8. The van der Waals surface area contributed by atoms with Gasteiger partial charge in [0.1, 0.15) is 6.04 Å². The van der Waals surface area contributed by atoms with Gasteiger partial charge in [0.2, 0.25) is 5.91 Å². The van der Waals surface area contributed by atoms with Crippen molar-refractivity contribution in [3.63, 3.8) is 0 Å². The second-order valence-electron chi connectivity index (χ2n) is 7.41. The largest absolute Gasteiger partial charge is 0.480 e. The lowest BCUT2D eigenvalue weighted by atomic mass is 9.94. The maximum absolute atomic E-state index is 12.9. The van der Waals surface area contributed by atoms with Gasteiger partial charge in [0.25, 0.3) is 5.91 Å². The van der Waals surface area contributed by atoms with Crippen molar-refractivity contribution in [1.29, 1.82) is 0 Å². The fraction of sp³-hybridized carbons (Fsp3) is 0.450. The molecule has 0 radical (unpaired) electrons. The van der Waals surface area contributed by atoms with E-state index < -0.39 is 29.9 Å². The molecule has 0 bridgehead atoms. The Labute approximate surface area is 179 Å². The van der Waals surface area contributed by atoms with Crippen LogP contribution in [0.3, 0.4) is 0 Å². The Morgan fingerprint density at radius 1 is 1.23 bits per heavy atom. The Hall–Kier alpha value is -3.47. The van der Waals surface area contributed by atoms with Crippen molar-refractivity contribution in [3.8, 4) is 0 Å². The predicted octanol–water partition coefficient (Wildman–Crippen LogP) is -0.478. The van der Waals surface area contributed by atoms with Crippen LogP contribution in [0.2, 0.25) is 0 Å². The molecule has 0 saturated carbocycles. The molecule has 31 heavy (non-hydrogen) atoms. The SMILES string of the molecule is CC(=O)[C@@H]1CC(NCC(=O)O)CCN1C(=O)C(C)NC(=O)c1ccc(/C(N)=N/O)cc1. The Balaban J connectivity index is 2.01. The first-order valence-corrected chi connectivity index (χ1v) is 9.79. The van der Waals surface area contributed by atoms with Crippen molar-refractivity contribution >= 4 is 29.4 Å². The molecule has 6 N–H and O–H groups in total. The lowest BCUT2D eigenvalue weighted by molar-refractivity contribution is -0.142. The van der Waals surface area contributed by atoms with E-state index in [0.717, 1.165) is 0 Å². The summed E-state index contributed by atoms with van der Waals surface area (Å²) in [6, 6.07) is 4.24. The normalized spacial score (nSPS) is 20.1. The number of hydrogen-bond acceptors (Lipinski definition) is 7. The van der Waals surface area contributed by atoms with Crippen molar-refractivity contribution in [1.82, 2.24) is 15.5 Å². The number of hydrogen-bond donors (Lipinski definition) is 5. The summed E-state index contributed by atoms with van der Waals surface area (Å²) in [6.45, 7) is 2.98. The monoisotopic (exact) mass is 433 g/mol. The summed E-state index contributed by atoms with van der Waals surface area (Å²) in [7, 11) is 0. The molecule has 1 aliphatic heterocycles. The van der Waals surface area contributed by atoms with Crippen LogP contribution >= 0.6 is 0 Å². The maximum atomic E-state index is 12.9. The Kier molecular flexibility index (Phi) is 8.08. The van der Waals surface area contributed by atoms with E-state index in [1.54, 1.807) is 0 Å². The fourth-order valence-electron chi connectivity index (χ4n) is 3.47. The van der Waals surface area contributed by atoms with Gasteiger partial charge in [0.15, 0.2) is 11.6 Å². The number of likely N-dealkylation sites (tertiary alicyclic amines) is 1. The number of aliphatic carboxylic acids is 1. The van der Waals surface area contributed by atoms with E-state index in [9.17, 15) is 19.2 Å². The van der Waals surface area contributed by atoms with E-state index in [1.807, 2.05) is 0 Å². The average molecular weight is 433 g/mol. The molecule has 0 spiro atoms. The van der Waals surface area contributed by atoms with Gasteiger partial charge in [-0.05, 0) is 38.8 Å². The highest BCUT2D eigenvalue weighted by Gasteiger charge is 2.36. The number of carbonyl (C=O) groups is 4. The molecule has 11 heteroatoms. The molecule has 2 rings (SSSR count). The van der Waals surface area contributed by atoms with Crippen molar-refractivity contribution in [2.45, 2.75) is 44.8 Å². The van der Waals surface area contributed by atoms with Crippen LogP contribution in [0.25, 0.3) is 0 Å². The lowest BCUT2D eigenvalue weighted by Gasteiger charge is -2.39. The number of Topliss-reactive ketones (excluding diaryl/α,β-unsaturated/α-hetero) is 1. The zero-order valence-corrected chi connectivity index (χ0v) is 17.4. The van der Waals surface area contributed by atoms with Crippen LogP contribution < -0.4 is 16.4 Å². The first kappa shape index (κ1) is 23.8. The maximum Gasteiger partial charge on any atom is 0.317 e. The minimum atomic E-state index is -0.992. The molecule has 1 aromatic carbocycles. The van der Waals surface area contributed by atoms with Crippen LogP contribution in [0.15, 0.2) is 29.4 Å². The van der Waals surface area contributed by atoms with E-state index in [4.69, 9.17) is 16.0 Å². The van der Waals surface area contributed by atoms with Gasteiger partial charge in [-0.1, -0.05) is 17.3 Å². The van der Waals surface area contributed by atoms with E-state index in [0.29, 0.717) is 18.4 Å².